The van der Waals surface area contributed by atoms with E-state index in [2.05, 4.69) is 6.58 Å². The van der Waals surface area contributed by atoms with Gasteiger partial charge >= 0.3 is 0 Å². The Morgan fingerprint density at radius 3 is 2.51 bits per heavy atom. The van der Waals surface area contributed by atoms with Crippen LogP contribution in [-0.4, -0.2) is 41.5 Å². The van der Waals surface area contributed by atoms with Gasteiger partial charge in [-0.15, -0.1) is 6.58 Å². The highest BCUT2D eigenvalue weighted by atomic mass is 16.7. The second-order valence-electron chi connectivity index (χ2n) is 8.20. The third-order valence-electron chi connectivity index (χ3n) is 5.51. The maximum Gasteiger partial charge on any atom is 0.247 e. The summed E-state index contributed by atoms with van der Waals surface area (Å²) in [4.78, 5) is 29.5. The SMILES string of the molecule is C=CCN(CC(=O)N(Cc1ccc2c(c1)OCO2)Cc1ccc(C)o1)C(=O)C=Cc1ccccc1. The van der Waals surface area contributed by atoms with Gasteiger partial charge in [-0.2, -0.15) is 0 Å². The largest absolute Gasteiger partial charge is 0.464 e. The van der Waals surface area contributed by atoms with Gasteiger partial charge in [-0.25, -0.2) is 0 Å². The van der Waals surface area contributed by atoms with Gasteiger partial charge in [0.15, 0.2) is 11.5 Å². The highest BCUT2D eigenvalue weighted by Crippen LogP contribution is 2.33. The standard InChI is InChI=1S/C28H28N2O5/c1-3-15-29(27(31)14-11-22-7-5-4-6-8-22)19-28(32)30(18-24-12-9-21(2)35-24)17-23-10-13-25-26(16-23)34-20-33-25/h3-14,16H,1,15,17-20H2,2H3. The normalized spacial score (nSPS) is 12.0. The van der Waals surface area contributed by atoms with Crippen molar-refractivity contribution in [3.05, 3.63) is 102 Å². The Hall–Kier alpha value is -4.26. The van der Waals surface area contributed by atoms with E-state index < -0.39 is 0 Å². The van der Waals surface area contributed by atoms with E-state index >= 15 is 0 Å². The van der Waals surface area contributed by atoms with Crippen molar-refractivity contribution < 1.29 is 23.5 Å². The van der Waals surface area contributed by atoms with E-state index in [1.807, 2.05) is 67.6 Å². The average molecular weight is 473 g/mol. The van der Waals surface area contributed by atoms with Crippen molar-refractivity contribution in [2.24, 2.45) is 0 Å². The fourth-order valence-electron chi connectivity index (χ4n) is 3.74. The number of ether oxygens (including phenoxy) is 2. The molecular weight excluding hydrogens is 444 g/mol. The number of rotatable bonds is 10. The summed E-state index contributed by atoms with van der Waals surface area (Å²) in [5.41, 5.74) is 1.79. The molecule has 0 unspecified atom stereocenters. The number of hydrogen-bond donors (Lipinski definition) is 0. The zero-order chi connectivity index (χ0) is 24.6. The fraction of sp³-hybridized carbons (Fsp3) is 0.214. The molecule has 1 aromatic heterocycles. The van der Waals surface area contributed by atoms with Crippen LogP contribution in [0.3, 0.4) is 0 Å². The van der Waals surface area contributed by atoms with Gasteiger partial charge in [0.25, 0.3) is 0 Å². The van der Waals surface area contributed by atoms with Crippen molar-refractivity contribution in [2.75, 3.05) is 19.9 Å². The molecule has 0 spiro atoms. The first kappa shape index (κ1) is 23.9. The van der Waals surface area contributed by atoms with E-state index in [0.29, 0.717) is 23.8 Å². The quantitative estimate of drug-likeness (QED) is 0.319. The Bertz CT molecular complexity index is 1220. The van der Waals surface area contributed by atoms with Crippen LogP contribution in [0.25, 0.3) is 6.08 Å². The summed E-state index contributed by atoms with van der Waals surface area (Å²) < 4.78 is 16.6. The fourth-order valence-corrected chi connectivity index (χ4v) is 3.74. The third-order valence-corrected chi connectivity index (χ3v) is 5.51. The Labute approximate surface area is 204 Å². The summed E-state index contributed by atoms with van der Waals surface area (Å²) in [5, 5.41) is 0. The number of hydrogen-bond acceptors (Lipinski definition) is 5. The smallest absolute Gasteiger partial charge is 0.247 e. The van der Waals surface area contributed by atoms with E-state index in [0.717, 1.165) is 16.9 Å². The van der Waals surface area contributed by atoms with Crippen LogP contribution in [0.2, 0.25) is 0 Å². The van der Waals surface area contributed by atoms with Crippen molar-refractivity contribution >= 4 is 17.9 Å². The van der Waals surface area contributed by atoms with Crippen molar-refractivity contribution in [3.63, 3.8) is 0 Å². The van der Waals surface area contributed by atoms with E-state index in [-0.39, 0.29) is 38.2 Å². The van der Waals surface area contributed by atoms with Crippen molar-refractivity contribution in [1.82, 2.24) is 9.80 Å². The monoisotopic (exact) mass is 472 g/mol. The predicted molar refractivity (Wildman–Crippen MR) is 133 cm³/mol. The molecule has 0 N–H and O–H groups in total. The average Bonchev–Trinajstić information content (AvgIpc) is 3.50. The van der Waals surface area contributed by atoms with Gasteiger partial charge in [0.1, 0.15) is 18.1 Å². The molecule has 1 aliphatic heterocycles. The van der Waals surface area contributed by atoms with Crippen molar-refractivity contribution in [2.45, 2.75) is 20.0 Å². The molecule has 2 aromatic carbocycles. The molecule has 0 fully saturated rings. The molecule has 1 aliphatic rings. The first-order valence-electron chi connectivity index (χ1n) is 11.4. The van der Waals surface area contributed by atoms with E-state index in [9.17, 15) is 9.59 Å². The molecular formula is C28H28N2O5. The molecule has 4 rings (SSSR count). The lowest BCUT2D eigenvalue weighted by Gasteiger charge is -2.26. The summed E-state index contributed by atoms with van der Waals surface area (Å²) >= 11 is 0. The zero-order valence-corrected chi connectivity index (χ0v) is 19.7. The Morgan fingerprint density at radius 2 is 1.77 bits per heavy atom. The Morgan fingerprint density at radius 1 is 0.971 bits per heavy atom. The molecule has 0 radical (unpaired) electrons. The third kappa shape index (κ3) is 6.41. The summed E-state index contributed by atoms with van der Waals surface area (Å²) in [6.07, 6.45) is 4.82. The molecule has 0 saturated heterocycles. The first-order valence-corrected chi connectivity index (χ1v) is 11.4. The number of furan rings is 1. The second kappa shape index (κ2) is 11.2. The van der Waals surface area contributed by atoms with Crippen LogP contribution < -0.4 is 9.47 Å². The van der Waals surface area contributed by atoms with Gasteiger partial charge < -0.3 is 23.7 Å². The molecule has 35 heavy (non-hydrogen) atoms. The van der Waals surface area contributed by atoms with E-state index in [4.69, 9.17) is 13.9 Å². The predicted octanol–water partition coefficient (Wildman–Crippen LogP) is 4.57. The van der Waals surface area contributed by atoms with Gasteiger partial charge in [0.2, 0.25) is 18.6 Å². The number of carbonyl (C=O) groups is 2. The highest BCUT2D eigenvalue weighted by Gasteiger charge is 2.22. The summed E-state index contributed by atoms with van der Waals surface area (Å²) in [7, 11) is 0. The number of nitrogens with zero attached hydrogens (tertiary/aromatic N) is 2. The van der Waals surface area contributed by atoms with Crippen molar-refractivity contribution in [1.29, 1.82) is 0 Å². The van der Waals surface area contributed by atoms with E-state index in [1.165, 1.54) is 11.0 Å². The molecule has 0 aliphatic carbocycles. The number of amides is 2. The Kier molecular flexibility index (Phi) is 7.67. The maximum absolute atomic E-state index is 13.4. The van der Waals surface area contributed by atoms with Crippen LogP contribution >= 0.6 is 0 Å². The first-order chi connectivity index (χ1) is 17.0. The van der Waals surface area contributed by atoms with Crippen LogP contribution in [0.15, 0.2) is 83.8 Å². The summed E-state index contributed by atoms with van der Waals surface area (Å²) in [5.74, 6) is 2.30. The molecule has 2 amide bonds. The number of carbonyl (C=O) groups excluding carboxylic acids is 2. The molecule has 0 saturated carbocycles. The van der Waals surface area contributed by atoms with Gasteiger partial charge in [0.05, 0.1) is 6.54 Å². The van der Waals surface area contributed by atoms with Gasteiger partial charge in [-0.1, -0.05) is 42.5 Å². The van der Waals surface area contributed by atoms with Gasteiger partial charge in [-0.05, 0) is 48.4 Å². The Balaban J connectivity index is 1.50. The lowest BCUT2D eigenvalue weighted by molar-refractivity contribution is -0.138. The minimum absolute atomic E-state index is 0.0891. The second-order valence-corrected chi connectivity index (χ2v) is 8.20. The van der Waals surface area contributed by atoms with Crippen molar-refractivity contribution in [3.8, 4) is 11.5 Å². The minimum Gasteiger partial charge on any atom is -0.464 e. The minimum atomic E-state index is -0.265. The van der Waals surface area contributed by atoms with Crippen LogP contribution in [0, 0.1) is 6.92 Å². The lowest BCUT2D eigenvalue weighted by Crippen LogP contribution is -2.42. The van der Waals surface area contributed by atoms with Crippen LogP contribution in [0.5, 0.6) is 11.5 Å². The highest BCUT2D eigenvalue weighted by molar-refractivity contribution is 5.94. The lowest BCUT2D eigenvalue weighted by atomic mass is 10.1. The van der Waals surface area contributed by atoms with Gasteiger partial charge in [-0.3, -0.25) is 9.59 Å². The number of aryl methyl sites for hydroxylation is 1. The van der Waals surface area contributed by atoms with Gasteiger partial charge in [0, 0.05) is 19.2 Å². The molecule has 7 nitrogen and oxygen atoms in total. The molecule has 7 heteroatoms. The molecule has 180 valence electrons. The van der Waals surface area contributed by atoms with E-state index in [1.54, 1.807) is 17.1 Å². The molecule has 2 heterocycles. The maximum atomic E-state index is 13.4. The van der Waals surface area contributed by atoms with Crippen LogP contribution in [-0.2, 0) is 22.7 Å². The molecule has 0 bridgehead atoms. The zero-order valence-electron chi connectivity index (χ0n) is 19.7. The molecule has 3 aromatic rings. The number of benzene rings is 2. The van der Waals surface area contributed by atoms with Crippen LogP contribution in [0.1, 0.15) is 22.6 Å². The summed E-state index contributed by atoms with van der Waals surface area (Å²) in [6, 6.07) is 18.8. The summed E-state index contributed by atoms with van der Waals surface area (Å²) in [6.45, 7) is 6.54. The topological polar surface area (TPSA) is 72.2 Å². The number of fused-ring (bicyclic) bond motifs is 1. The van der Waals surface area contributed by atoms with Crippen LogP contribution in [0.4, 0.5) is 0 Å². The molecule has 0 atom stereocenters.